The second kappa shape index (κ2) is 5.35. The van der Waals surface area contributed by atoms with Crippen LogP contribution in [-0.2, 0) is 19.5 Å². The van der Waals surface area contributed by atoms with Crippen LogP contribution in [0.25, 0.3) is 0 Å². The van der Waals surface area contributed by atoms with Crippen molar-refractivity contribution in [1.82, 2.24) is 0 Å². The molecule has 0 amide bonds. The summed E-state index contributed by atoms with van der Waals surface area (Å²) >= 11 is 0. The Morgan fingerprint density at radius 3 is 2.55 bits per heavy atom. The highest BCUT2D eigenvalue weighted by Gasteiger charge is 2.27. The molecule has 1 heterocycles. The molecule has 9 heteroatoms. The van der Waals surface area contributed by atoms with Crippen LogP contribution in [0, 0.1) is 5.82 Å². The molecule has 0 bridgehead atoms. The van der Waals surface area contributed by atoms with Gasteiger partial charge in [0.25, 0.3) is 0 Å². The smallest absolute Gasteiger partial charge is 0.338 e. The van der Waals surface area contributed by atoms with Crippen LogP contribution in [0.4, 0.5) is 4.39 Å². The number of esters is 1. The first-order chi connectivity index (χ1) is 9.32. The van der Waals surface area contributed by atoms with Crippen LogP contribution < -0.4 is 9.88 Å². The third-order valence-electron chi connectivity index (χ3n) is 2.64. The summed E-state index contributed by atoms with van der Waals surface area (Å²) in [5.74, 6) is -2.42. The van der Waals surface area contributed by atoms with Crippen molar-refractivity contribution in [3.8, 4) is 5.75 Å². The summed E-state index contributed by atoms with van der Waals surface area (Å²) in [6.07, 6.45) is -0.411. The molecule has 0 spiro atoms. The van der Waals surface area contributed by atoms with Gasteiger partial charge in [0.15, 0.2) is 11.6 Å². The number of methoxy groups -OCH3 is 1. The van der Waals surface area contributed by atoms with E-state index in [4.69, 9.17) is 14.6 Å². The molecular weight excluding hydrogens is 293 g/mol. The van der Waals surface area contributed by atoms with Gasteiger partial charge in [-0.05, 0) is 12.1 Å². The highest BCUT2D eigenvalue weighted by molar-refractivity contribution is 7.89. The molecule has 1 fully saturated rings. The van der Waals surface area contributed by atoms with E-state index in [9.17, 15) is 17.6 Å². The molecule has 2 rings (SSSR count). The fourth-order valence-electron chi connectivity index (χ4n) is 1.60. The van der Waals surface area contributed by atoms with Crippen LogP contribution in [0.2, 0.25) is 0 Å². The Morgan fingerprint density at radius 1 is 1.45 bits per heavy atom. The summed E-state index contributed by atoms with van der Waals surface area (Å²) in [6, 6.07) is 1.74. The second-order valence-corrected chi connectivity index (χ2v) is 5.63. The first-order valence-corrected chi connectivity index (χ1v) is 7.06. The van der Waals surface area contributed by atoms with Crippen LogP contribution >= 0.6 is 0 Å². The van der Waals surface area contributed by atoms with Crippen molar-refractivity contribution in [3.05, 3.63) is 23.5 Å². The largest absolute Gasteiger partial charge is 0.492 e. The van der Waals surface area contributed by atoms with Crippen LogP contribution in [0.3, 0.4) is 0 Å². The van der Waals surface area contributed by atoms with Gasteiger partial charge in [0.2, 0.25) is 10.0 Å². The number of hydrogen-bond acceptors (Lipinski definition) is 6. The van der Waals surface area contributed by atoms with Crippen molar-refractivity contribution in [1.29, 1.82) is 0 Å². The van der Waals surface area contributed by atoms with E-state index >= 15 is 0 Å². The predicted molar refractivity (Wildman–Crippen MR) is 64.3 cm³/mol. The lowest BCUT2D eigenvalue weighted by molar-refractivity contribution is -0.103. The number of halogens is 1. The Bertz CT molecular complexity index is 641. The molecule has 110 valence electrons. The summed E-state index contributed by atoms with van der Waals surface area (Å²) in [5.41, 5.74) is -0.265. The fraction of sp³-hybridized carbons (Fsp3) is 0.364. The standard InChI is InChI=1S/C11H12FNO6S/c1-17-10-8(12)2-6(3-9(10)20(13,15)16)11(14)19-7-4-18-5-7/h2-3,7H,4-5H2,1H3,(H2,13,15,16). The summed E-state index contributed by atoms with van der Waals surface area (Å²) in [7, 11) is -3.15. The van der Waals surface area contributed by atoms with Crippen LogP contribution in [0.1, 0.15) is 10.4 Å². The molecule has 0 radical (unpaired) electrons. The van der Waals surface area contributed by atoms with Gasteiger partial charge in [0.1, 0.15) is 11.0 Å². The van der Waals surface area contributed by atoms with E-state index in [1.165, 1.54) is 0 Å². The van der Waals surface area contributed by atoms with Crippen LogP contribution in [-0.4, -0.2) is 40.8 Å². The lowest BCUT2D eigenvalue weighted by Gasteiger charge is -2.25. The van der Waals surface area contributed by atoms with Gasteiger partial charge in [-0.15, -0.1) is 0 Å². The molecule has 0 aromatic heterocycles. The molecule has 0 unspecified atom stereocenters. The van der Waals surface area contributed by atoms with Gasteiger partial charge in [0.05, 0.1) is 25.9 Å². The lowest BCUT2D eigenvalue weighted by Crippen LogP contribution is -2.37. The second-order valence-electron chi connectivity index (χ2n) is 4.10. The quantitative estimate of drug-likeness (QED) is 0.787. The SMILES string of the molecule is COc1c(F)cc(C(=O)OC2COC2)cc1S(N)(=O)=O. The number of sulfonamides is 1. The maximum Gasteiger partial charge on any atom is 0.338 e. The number of carbonyl (C=O) groups excluding carboxylic acids is 1. The molecule has 1 aliphatic rings. The first kappa shape index (κ1) is 14.7. The number of carbonyl (C=O) groups is 1. The van der Waals surface area contributed by atoms with E-state index in [0.29, 0.717) is 0 Å². The van der Waals surface area contributed by atoms with Gasteiger partial charge in [-0.1, -0.05) is 0 Å². The maximum absolute atomic E-state index is 13.8. The first-order valence-electron chi connectivity index (χ1n) is 5.52. The molecule has 1 aromatic rings. The summed E-state index contributed by atoms with van der Waals surface area (Å²) in [6.45, 7) is 0.513. The molecule has 1 aliphatic heterocycles. The zero-order chi connectivity index (χ0) is 14.9. The van der Waals surface area contributed by atoms with Gasteiger partial charge < -0.3 is 14.2 Å². The molecule has 0 aliphatic carbocycles. The van der Waals surface area contributed by atoms with Gasteiger partial charge in [-0.25, -0.2) is 22.7 Å². The molecule has 20 heavy (non-hydrogen) atoms. The van der Waals surface area contributed by atoms with Crippen molar-refractivity contribution in [3.63, 3.8) is 0 Å². The van der Waals surface area contributed by atoms with E-state index in [1.807, 2.05) is 0 Å². The molecule has 2 N–H and O–H groups in total. The summed E-state index contributed by atoms with van der Waals surface area (Å²) in [4.78, 5) is 11.1. The van der Waals surface area contributed by atoms with Crippen LogP contribution in [0.15, 0.2) is 17.0 Å². The predicted octanol–water partition coefficient (Wildman–Crippen LogP) is 0.0373. The summed E-state index contributed by atoms with van der Waals surface area (Å²) < 4.78 is 51.0. The minimum absolute atomic E-state index is 0.256. The monoisotopic (exact) mass is 305 g/mol. The van der Waals surface area contributed by atoms with Crippen molar-refractivity contribution >= 4 is 16.0 Å². The third kappa shape index (κ3) is 2.89. The fourth-order valence-corrected chi connectivity index (χ4v) is 2.33. The lowest BCUT2D eigenvalue weighted by atomic mass is 10.2. The Hall–Kier alpha value is -1.71. The Balaban J connectivity index is 2.39. The van der Waals surface area contributed by atoms with Crippen molar-refractivity contribution in [2.24, 2.45) is 5.14 Å². The van der Waals surface area contributed by atoms with Gasteiger partial charge in [-0.3, -0.25) is 0 Å². The van der Waals surface area contributed by atoms with Gasteiger partial charge >= 0.3 is 5.97 Å². The molecule has 1 aromatic carbocycles. The highest BCUT2D eigenvalue weighted by atomic mass is 32.2. The Morgan fingerprint density at radius 2 is 2.10 bits per heavy atom. The zero-order valence-corrected chi connectivity index (χ0v) is 11.3. The van der Waals surface area contributed by atoms with E-state index < -0.39 is 38.6 Å². The average Bonchev–Trinajstić information content (AvgIpc) is 2.31. The molecule has 0 atom stereocenters. The maximum atomic E-state index is 13.8. The average molecular weight is 305 g/mol. The number of rotatable bonds is 4. The number of benzene rings is 1. The number of ether oxygens (including phenoxy) is 3. The number of primary sulfonamides is 1. The minimum atomic E-state index is -4.24. The molecule has 1 saturated heterocycles. The van der Waals surface area contributed by atoms with Gasteiger partial charge in [-0.2, -0.15) is 0 Å². The molecular formula is C11H12FNO6S. The third-order valence-corrected chi connectivity index (χ3v) is 3.55. The minimum Gasteiger partial charge on any atom is -0.492 e. The Labute approximate surface area is 114 Å². The van der Waals surface area contributed by atoms with E-state index in [1.54, 1.807) is 0 Å². The van der Waals surface area contributed by atoms with E-state index in [2.05, 4.69) is 4.74 Å². The van der Waals surface area contributed by atoms with Crippen molar-refractivity contribution < 1.29 is 31.8 Å². The normalized spacial score (nSPS) is 15.6. The van der Waals surface area contributed by atoms with E-state index in [-0.39, 0.29) is 18.8 Å². The zero-order valence-electron chi connectivity index (χ0n) is 10.5. The van der Waals surface area contributed by atoms with Crippen LogP contribution in [0.5, 0.6) is 5.75 Å². The van der Waals surface area contributed by atoms with Gasteiger partial charge in [0, 0.05) is 0 Å². The van der Waals surface area contributed by atoms with Crippen molar-refractivity contribution in [2.75, 3.05) is 20.3 Å². The number of hydrogen-bond donors (Lipinski definition) is 1. The molecule has 0 saturated carbocycles. The number of nitrogens with two attached hydrogens (primary N) is 1. The Kier molecular flexibility index (Phi) is 3.93. The van der Waals surface area contributed by atoms with Crippen molar-refractivity contribution in [2.45, 2.75) is 11.0 Å². The molecule has 7 nitrogen and oxygen atoms in total. The topological polar surface area (TPSA) is 105 Å². The highest BCUT2D eigenvalue weighted by Crippen LogP contribution is 2.28. The van der Waals surface area contributed by atoms with E-state index in [0.717, 1.165) is 19.2 Å². The summed E-state index contributed by atoms with van der Waals surface area (Å²) in [5, 5.41) is 4.96.